The van der Waals surface area contributed by atoms with Crippen molar-refractivity contribution >= 4 is 9.84 Å². The van der Waals surface area contributed by atoms with Gasteiger partial charge in [-0.2, -0.15) is 0 Å². The van der Waals surface area contributed by atoms with E-state index in [0.29, 0.717) is 5.56 Å². The van der Waals surface area contributed by atoms with Gasteiger partial charge in [0.05, 0.1) is 4.90 Å². The van der Waals surface area contributed by atoms with Crippen molar-refractivity contribution in [2.24, 2.45) is 0 Å². The Kier molecular flexibility index (Phi) is 4.24. The highest BCUT2D eigenvalue weighted by Crippen LogP contribution is 2.33. The molecule has 122 valence electrons. The molecular formula is C20H17FO2S. The molecule has 0 saturated carbocycles. The number of rotatable bonds is 3. The molecule has 0 N–H and O–H groups in total. The highest BCUT2D eigenvalue weighted by molar-refractivity contribution is 7.90. The number of hydrogen-bond acceptors (Lipinski definition) is 2. The van der Waals surface area contributed by atoms with E-state index >= 15 is 0 Å². The molecule has 0 heterocycles. The zero-order valence-corrected chi connectivity index (χ0v) is 14.3. The lowest BCUT2D eigenvalue weighted by atomic mass is 9.94. The van der Waals surface area contributed by atoms with E-state index in [1.54, 1.807) is 37.3 Å². The smallest absolute Gasteiger partial charge is 0.175 e. The van der Waals surface area contributed by atoms with Gasteiger partial charge in [0.2, 0.25) is 0 Å². The Bertz CT molecular complexity index is 990. The van der Waals surface area contributed by atoms with Crippen molar-refractivity contribution in [2.45, 2.75) is 11.8 Å². The SMILES string of the molecule is Cc1ccc(-c2ccccc2-c2ccc(S(C)(=O)=O)cc2)cc1F. The van der Waals surface area contributed by atoms with Gasteiger partial charge in [-0.3, -0.25) is 0 Å². The minimum Gasteiger partial charge on any atom is -0.224 e. The Hall–Kier alpha value is -2.46. The molecule has 0 spiro atoms. The van der Waals surface area contributed by atoms with Crippen molar-refractivity contribution in [3.8, 4) is 22.3 Å². The number of halogens is 1. The van der Waals surface area contributed by atoms with Crippen LogP contribution in [-0.4, -0.2) is 14.7 Å². The zero-order valence-electron chi connectivity index (χ0n) is 13.5. The van der Waals surface area contributed by atoms with Crippen molar-refractivity contribution in [1.82, 2.24) is 0 Å². The lowest BCUT2D eigenvalue weighted by Crippen LogP contribution is -1.96. The summed E-state index contributed by atoms with van der Waals surface area (Å²) in [6.07, 6.45) is 1.19. The number of sulfone groups is 1. The lowest BCUT2D eigenvalue weighted by molar-refractivity contribution is 0.602. The molecular weight excluding hydrogens is 323 g/mol. The topological polar surface area (TPSA) is 34.1 Å². The average Bonchev–Trinajstić information content (AvgIpc) is 2.57. The van der Waals surface area contributed by atoms with E-state index in [4.69, 9.17) is 0 Å². The predicted octanol–water partition coefficient (Wildman–Crippen LogP) is 4.87. The quantitative estimate of drug-likeness (QED) is 0.681. The van der Waals surface area contributed by atoms with Crippen LogP contribution in [0.3, 0.4) is 0 Å². The molecule has 0 aliphatic heterocycles. The Morgan fingerprint density at radius 2 is 1.33 bits per heavy atom. The highest BCUT2D eigenvalue weighted by Gasteiger charge is 2.11. The minimum absolute atomic E-state index is 0.241. The first-order valence-electron chi connectivity index (χ1n) is 7.52. The fraction of sp³-hybridized carbons (Fsp3) is 0.100. The molecule has 0 amide bonds. The maximum atomic E-state index is 13.9. The monoisotopic (exact) mass is 340 g/mol. The Morgan fingerprint density at radius 1 is 0.792 bits per heavy atom. The third-order valence-corrected chi connectivity index (χ3v) is 5.13. The third kappa shape index (κ3) is 3.24. The Labute approximate surface area is 141 Å². The van der Waals surface area contributed by atoms with Crippen LogP contribution in [-0.2, 0) is 9.84 Å². The van der Waals surface area contributed by atoms with Gasteiger partial charge >= 0.3 is 0 Å². The molecule has 2 nitrogen and oxygen atoms in total. The summed E-state index contributed by atoms with van der Waals surface area (Å²) in [7, 11) is -3.22. The number of benzene rings is 3. The first-order valence-corrected chi connectivity index (χ1v) is 9.41. The van der Waals surface area contributed by atoms with Gasteiger partial charge in [0, 0.05) is 6.26 Å². The number of hydrogen-bond donors (Lipinski definition) is 0. The maximum absolute atomic E-state index is 13.9. The first kappa shape index (κ1) is 16.4. The van der Waals surface area contributed by atoms with Crippen molar-refractivity contribution in [1.29, 1.82) is 0 Å². The van der Waals surface area contributed by atoms with E-state index in [1.165, 1.54) is 12.3 Å². The highest BCUT2D eigenvalue weighted by atomic mass is 32.2. The normalized spacial score (nSPS) is 11.5. The molecule has 3 aromatic carbocycles. The van der Waals surface area contributed by atoms with E-state index in [2.05, 4.69) is 0 Å². The Balaban J connectivity index is 2.11. The summed E-state index contributed by atoms with van der Waals surface area (Å²) in [5, 5.41) is 0. The van der Waals surface area contributed by atoms with Gasteiger partial charge < -0.3 is 0 Å². The van der Waals surface area contributed by atoms with Crippen molar-refractivity contribution in [3.05, 3.63) is 78.1 Å². The number of aryl methyl sites for hydroxylation is 1. The van der Waals surface area contributed by atoms with Crippen LogP contribution in [0.1, 0.15) is 5.56 Å². The van der Waals surface area contributed by atoms with Gasteiger partial charge in [-0.05, 0) is 52.9 Å². The third-order valence-electron chi connectivity index (χ3n) is 4.00. The second-order valence-corrected chi connectivity index (χ2v) is 7.82. The van der Waals surface area contributed by atoms with Crippen LogP contribution in [0.4, 0.5) is 4.39 Å². The van der Waals surface area contributed by atoms with Crippen LogP contribution in [0.2, 0.25) is 0 Å². The van der Waals surface area contributed by atoms with Crippen molar-refractivity contribution in [3.63, 3.8) is 0 Å². The average molecular weight is 340 g/mol. The van der Waals surface area contributed by atoms with E-state index in [0.717, 1.165) is 22.3 Å². The first-order chi connectivity index (χ1) is 11.4. The van der Waals surface area contributed by atoms with Gasteiger partial charge in [0.15, 0.2) is 9.84 Å². The molecule has 0 aliphatic carbocycles. The van der Waals surface area contributed by atoms with Crippen LogP contribution in [0.25, 0.3) is 22.3 Å². The molecule has 0 saturated heterocycles. The molecule has 0 fully saturated rings. The van der Waals surface area contributed by atoms with E-state index in [9.17, 15) is 12.8 Å². The van der Waals surface area contributed by atoms with Crippen LogP contribution < -0.4 is 0 Å². The Morgan fingerprint density at radius 3 is 1.88 bits per heavy atom. The van der Waals surface area contributed by atoms with E-state index in [-0.39, 0.29) is 10.7 Å². The summed E-state index contributed by atoms with van der Waals surface area (Å²) in [6.45, 7) is 1.73. The molecule has 3 aromatic rings. The van der Waals surface area contributed by atoms with Crippen molar-refractivity contribution in [2.75, 3.05) is 6.26 Å². The molecule has 0 aromatic heterocycles. The van der Waals surface area contributed by atoms with Crippen LogP contribution in [0, 0.1) is 12.7 Å². The van der Waals surface area contributed by atoms with Gasteiger partial charge in [-0.15, -0.1) is 0 Å². The van der Waals surface area contributed by atoms with Crippen LogP contribution >= 0.6 is 0 Å². The van der Waals surface area contributed by atoms with Crippen LogP contribution in [0.5, 0.6) is 0 Å². The molecule has 3 rings (SSSR count). The molecule has 0 aliphatic rings. The second kappa shape index (κ2) is 6.21. The van der Waals surface area contributed by atoms with E-state index in [1.807, 2.05) is 30.3 Å². The molecule has 0 bridgehead atoms. The maximum Gasteiger partial charge on any atom is 0.175 e. The lowest BCUT2D eigenvalue weighted by Gasteiger charge is -2.11. The predicted molar refractivity (Wildman–Crippen MR) is 95.1 cm³/mol. The summed E-state index contributed by atoms with van der Waals surface area (Å²) in [5.74, 6) is -0.241. The van der Waals surface area contributed by atoms with Gasteiger partial charge in [-0.1, -0.05) is 48.5 Å². The minimum atomic E-state index is -3.22. The molecule has 4 heteroatoms. The van der Waals surface area contributed by atoms with E-state index < -0.39 is 9.84 Å². The van der Waals surface area contributed by atoms with Crippen LogP contribution in [0.15, 0.2) is 71.6 Å². The summed E-state index contributed by atoms with van der Waals surface area (Å²) >= 11 is 0. The van der Waals surface area contributed by atoms with Gasteiger partial charge in [-0.25, -0.2) is 12.8 Å². The fourth-order valence-electron chi connectivity index (χ4n) is 2.63. The van der Waals surface area contributed by atoms with Crippen molar-refractivity contribution < 1.29 is 12.8 Å². The largest absolute Gasteiger partial charge is 0.224 e. The molecule has 0 atom stereocenters. The fourth-order valence-corrected chi connectivity index (χ4v) is 3.26. The van der Waals surface area contributed by atoms with Gasteiger partial charge in [0.25, 0.3) is 0 Å². The second-order valence-electron chi connectivity index (χ2n) is 5.81. The summed E-state index contributed by atoms with van der Waals surface area (Å²) < 4.78 is 37.1. The molecule has 0 radical (unpaired) electrons. The standard InChI is InChI=1S/C20H17FO2S/c1-14-7-8-16(13-20(14)21)19-6-4-3-5-18(19)15-9-11-17(12-10-15)24(2,22)23/h3-13H,1-2H3. The summed E-state index contributed by atoms with van der Waals surface area (Å²) in [6, 6.07) is 19.6. The summed E-state index contributed by atoms with van der Waals surface area (Å²) in [5.41, 5.74) is 4.12. The van der Waals surface area contributed by atoms with Gasteiger partial charge in [0.1, 0.15) is 5.82 Å². The zero-order chi connectivity index (χ0) is 17.3. The molecule has 0 unspecified atom stereocenters. The summed E-state index contributed by atoms with van der Waals surface area (Å²) in [4.78, 5) is 0.283. The molecule has 24 heavy (non-hydrogen) atoms.